The van der Waals surface area contributed by atoms with Crippen LogP contribution >= 0.6 is 0 Å². The van der Waals surface area contributed by atoms with Gasteiger partial charge in [0.25, 0.3) is 5.56 Å². The zero-order chi connectivity index (χ0) is 23.2. The second kappa shape index (κ2) is 8.10. The van der Waals surface area contributed by atoms with Gasteiger partial charge in [-0.3, -0.25) is 4.79 Å². The zero-order valence-electron chi connectivity index (χ0n) is 19.1. The monoisotopic (exact) mass is 435 g/mol. The summed E-state index contributed by atoms with van der Waals surface area (Å²) in [6.45, 7) is 8.26. The van der Waals surface area contributed by atoms with Crippen molar-refractivity contribution in [3.8, 4) is 16.9 Å². The number of benzene rings is 2. The summed E-state index contributed by atoms with van der Waals surface area (Å²) in [4.78, 5) is 25.6. The Bertz CT molecular complexity index is 1250. The molecule has 2 unspecified atom stereocenters. The molecule has 0 spiro atoms. The fourth-order valence-electron chi connectivity index (χ4n) is 4.39. The van der Waals surface area contributed by atoms with Gasteiger partial charge in [0.05, 0.1) is 17.9 Å². The summed E-state index contributed by atoms with van der Waals surface area (Å²) in [6.07, 6.45) is -0.389. The van der Waals surface area contributed by atoms with Crippen molar-refractivity contribution in [2.75, 3.05) is 6.61 Å². The van der Waals surface area contributed by atoms with Crippen molar-refractivity contribution in [3.05, 3.63) is 64.1 Å². The highest BCUT2D eigenvalue weighted by molar-refractivity contribution is 5.99. The summed E-state index contributed by atoms with van der Waals surface area (Å²) < 4.78 is 13.2. The van der Waals surface area contributed by atoms with Crippen LogP contribution < -0.4 is 10.3 Å². The molecule has 6 nitrogen and oxygen atoms in total. The number of carboxylic acid groups (broad SMARTS) is 1. The smallest absolute Gasteiger partial charge is 0.339 e. The highest BCUT2D eigenvalue weighted by atomic mass is 16.5. The molecule has 1 aromatic heterocycles. The molecule has 4 rings (SSSR count). The van der Waals surface area contributed by atoms with E-state index in [2.05, 4.69) is 13.0 Å². The van der Waals surface area contributed by atoms with Gasteiger partial charge in [-0.15, -0.1) is 0 Å². The third kappa shape index (κ3) is 3.91. The topological polar surface area (TPSA) is 77.8 Å². The second-order valence-electron chi connectivity index (χ2n) is 9.41. The average molecular weight is 436 g/mol. The molecule has 2 aromatic carbocycles. The molecule has 0 radical (unpaired) electrons. The van der Waals surface area contributed by atoms with E-state index in [1.807, 2.05) is 30.3 Å². The molecule has 2 heterocycles. The molecule has 3 aromatic rings. The molecule has 1 aliphatic rings. The normalized spacial score (nSPS) is 17.0. The van der Waals surface area contributed by atoms with Crippen LogP contribution in [0.2, 0.25) is 0 Å². The Labute approximate surface area is 187 Å². The van der Waals surface area contributed by atoms with Crippen molar-refractivity contribution in [1.29, 1.82) is 0 Å². The third-order valence-electron chi connectivity index (χ3n) is 5.93. The van der Waals surface area contributed by atoms with E-state index in [0.717, 1.165) is 23.3 Å². The van der Waals surface area contributed by atoms with Gasteiger partial charge >= 0.3 is 5.97 Å². The predicted molar refractivity (Wildman–Crippen MR) is 124 cm³/mol. The zero-order valence-corrected chi connectivity index (χ0v) is 19.1. The number of hydrogen-bond donors (Lipinski definition) is 1. The lowest BCUT2D eigenvalue weighted by Crippen LogP contribution is -2.33. The maximum Gasteiger partial charge on any atom is 0.339 e. The van der Waals surface area contributed by atoms with Crippen LogP contribution in [-0.2, 0) is 16.6 Å². The van der Waals surface area contributed by atoms with Crippen molar-refractivity contribution in [3.63, 3.8) is 0 Å². The van der Waals surface area contributed by atoms with Crippen molar-refractivity contribution < 1.29 is 19.4 Å². The first kappa shape index (κ1) is 22.1. The number of carbonyl (C=O) groups is 1. The first-order valence-corrected chi connectivity index (χ1v) is 10.9. The predicted octanol–water partition coefficient (Wildman–Crippen LogP) is 5.03. The number of ether oxygens (including phenoxy) is 2. The number of fused-ring (bicyclic) bond motifs is 2. The average Bonchev–Trinajstić information content (AvgIpc) is 2.74. The molecule has 6 heteroatoms. The summed E-state index contributed by atoms with van der Waals surface area (Å²) >= 11 is 0. The minimum atomic E-state index is -1.31. The molecular weight excluding hydrogens is 406 g/mol. The van der Waals surface area contributed by atoms with Crippen LogP contribution in [0.5, 0.6) is 5.75 Å². The number of aliphatic carboxylic acids is 1. The van der Waals surface area contributed by atoms with Gasteiger partial charge in [-0.2, -0.15) is 0 Å². The van der Waals surface area contributed by atoms with E-state index >= 15 is 0 Å². The molecule has 0 bridgehead atoms. The van der Waals surface area contributed by atoms with Crippen molar-refractivity contribution in [2.45, 2.75) is 51.7 Å². The van der Waals surface area contributed by atoms with Gasteiger partial charge in [-0.25, -0.2) is 4.79 Å². The SMILES string of the molecule is CC1CCOc2ccc(-c3c(C(OC(C)(C)C)C(=O)O)n(C)c(=O)c4ccccc34)cc21. The van der Waals surface area contributed by atoms with Crippen LogP contribution in [-0.4, -0.2) is 27.9 Å². The number of aromatic nitrogens is 1. The molecule has 0 amide bonds. The molecule has 0 saturated carbocycles. The Hall–Kier alpha value is -3.12. The Morgan fingerprint density at radius 3 is 2.53 bits per heavy atom. The Morgan fingerprint density at radius 1 is 1.19 bits per heavy atom. The largest absolute Gasteiger partial charge is 0.493 e. The minimum Gasteiger partial charge on any atom is -0.493 e. The molecule has 168 valence electrons. The third-order valence-corrected chi connectivity index (χ3v) is 5.93. The van der Waals surface area contributed by atoms with Gasteiger partial charge in [0.2, 0.25) is 0 Å². The Balaban J connectivity index is 2.08. The lowest BCUT2D eigenvalue weighted by molar-refractivity contribution is -0.161. The van der Waals surface area contributed by atoms with E-state index in [9.17, 15) is 14.7 Å². The standard InChI is InChI=1S/C26H29NO5/c1-15-12-13-31-20-11-10-16(14-19(15)20)21-17-8-6-7-9-18(17)24(28)27(5)22(21)23(25(29)30)32-26(2,3)4/h6-11,14-15,23H,12-13H2,1-5H3,(H,29,30). The van der Waals surface area contributed by atoms with Crippen molar-refractivity contribution in [2.24, 2.45) is 7.05 Å². The summed E-state index contributed by atoms with van der Waals surface area (Å²) in [7, 11) is 1.61. The van der Waals surface area contributed by atoms with Gasteiger partial charge in [0.1, 0.15) is 5.75 Å². The Kier molecular flexibility index (Phi) is 5.59. The fourth-order valence-corrected chi connectivity index (χ4v) is 4.39. The first-order chi connectivity index (χ1) is 15.1. The van der Waals surface area contributed by atoms with Crippen LogP contribution in [0.3, 0.4) is 0 Å². The lowest BCUT2D eigenvalue weighted by Gasteiger charge is -2.29. The van der Waals surface area contributed by atoms with Crippen LogP contribution in [0.1, 0.15) is 57.4 Å². The molecule has 0 aliphatic carbocycles. The summed E-state index contributed by atoms with van der Waals surface area (Å²) in [5.41, 5.74) is 1.98. The summed E-state index contributed by atoms with van der Waals surface area (Å²) in [6, 6.07) is 13.2. The van der Waals surface area contributed by atoms with Gasteiger partial charge in [0.15, 0.2) is 6.10 Å². The molecule has 0 fully saturated rings. The van der Waals surface area contributed by atoms with Crippen molar-refractivity contribution >= 4 is 16.7 Å². The van der Waals surface area contributed by atoms with E-state index in [-0.39, 0.29) is 5.56 Å². The van der Waals surface area contributed by atoms with E-state index in [1.165, 1.54) is 4.57 Å². The molecule has 32 heavy (non-hydrogen) atoms. The number of rotatable bonds is 4. The number of carboxylic acids is 1. The van der Waals surface area contributed by atoms with Crippen LogP contribution in [0.25, 0.3) is 21.9 Å². The minimum absolute atomic E-state index is 0.252. The number of hydrogen-bond acceptors (Lipinski definition) is 4. The molecular formula is C26H29NO5. The van der Waals surface area contributed by atoms with Gasteiger partial charge in [-0.05, 0) is 67.8 Å². The van der Waals surface area contributed by atoms with Gasteiger partial charge < -0.3 is 19.1 Å². The molecule has 2 atom stereocenters. The summed E-state index contributed by atoms with van der Waals surface area (Å²) in [5, 5.41) is 11.4. The maximum absolute atomic E-state index is 13.2. The molecule has 1 N–H and O–H groups in total. The fraction of sp³-hybridized carbons (Fsp3) is 0.385. The molecule has 1 aliphatic heterocycles. The quantitative estimate of drug-likeness (QED) is 0.622. The number of pyridine rings is 1. The maximum atomic E-state index is 13.2. The van der Waals surface area contributed by atoms with E-state index in [0.29, 0.717) is 34.6 Å². The number of nitrogens with zero attached hydrogens (tertiary/aromatic N) is 1. The van der Waals surface area contributed by atoms with E-state index in [4.69, 9.17) is 9.47 Å². The molecule has 0 saturated heterocycles. The first-order valence-electron chi connectivity index (χ1n) is 10.9. The van der Waals surface area contributed by atoms with Crippen LogP contribution in [0.4, 0.5) is 0 Å². The Morgan fingerprint density at radius 2 is 1.88 bits per heavy atom. The highest BCUT2D eigenvalue weighted by Gasteiger charge is 2.33. The van der Waals surface area contributed by atoms with E-state index < -0.39 is 17.7 Å². The van der Waals surface area contributed by atoms with Crippen molar-refractivity contribution in [1.82, 2.24) is 4.57 Å². The lowest BCUT2D eigenvalue weighted by atomic mass is 9.89. The summed E-state index contributed by atoms with van der Waals surface area (Å²) in [5.74, 6) is 0.0343. The van der Waals surface area contributed by atoms with Gasteiger partial charge in [-0.1, -0.05) is 31.2 Å². The van der Waals surface area contributed by atoms with Crippen LogP contribution in [0, 0.1) is 0 Å². The highest BCUT2D eigenvalue weighted by Crippen LogP contribution is 2.41. The van der Waals surface area contributed by atoms with Crippen LogP contribution in [0.15, 0.2) is 47.3 Å². The van der Waals surface area contributed by atoms with Gasteiger partial charge in [0, 0.05) is 18.0 Å². The second-order valence-corrected chi connectivity index (χ2v) is 9.41. The van der Waals surface area contributed by atoms with E-state index in [1.54, 1.807) is 33.9 Å².